The van der Waals surface area contributed by atoms with Crippen LogP contribution in [-0.4, -0.2) is 4.98 Å². The molecule has 1 heterocycles. The highest BCUT2D eigenvalue weighted by atomic mass is 15.2. The third-order valence-electron chi connectivity index (χ3n) is 3.96. The van der Waals surface area contributed by atoms with Crippen molar-refractivity contribution in [1.82, 2.24) is 10.4 Å². The molecule has 3 N–H and O–H groups in total. The van der Waals surface area contributed by atoms with Gasteiger partial charge in [0.15, 0.2) is 0 Å². The maximum atomic E-state index is 5.76. The van der Waals surface area contributed by atoms with E-state index in [9.17, 15) is 0 Å². The van der Waals surface area contributed by atoms with Gasteiger partial charge in [-0.05, 0) is 30.5 Å². The highest BCUT2D eigenvalue weighted by Crippen LogP contribution is 2.28. The molecule has 0 fully saturated rings. The van der Waals surface area contributed by atoms with Gasteiger partial charge in [0, 0.05) is 5.39 Å². The van der Waals surface area contributed by atoms with Gasteiger partial charge in [-0.3, -0.25) is 16.3 Å². The first kappa shape index (κ1) is 14.0. The van der Waals surface area contributed by atoms with Crippen molar-refractivity contribution >= 4 is 10.9 Å². The first-order valence-corrected chi connectivity index (χ1v) is 7.03. The lowest BCUT2D eigenvalue weighted by Crippen LogP contribution is -2.34. The van der Waals surface area contributed by atoms with Crippen LogP contribution in [0.25, 0.3) is 10.9 Å². The summed E-state index contributed by atoms with van der Waals surface area (Å²) in [4.78, 5) is 4.78. The van der Waals surface area contributed by atoms with Gasteiger partial charge >= 0.3 is 0 Å². The smallest absolute Gasteiger partial charge is 0.0708 e. The second kappa shape index (κ2) is 6.13. The molecule has 102 valence electrons. The van der Waals surface area contributed by atoms with Crippen LogP contribution >= 0.6 is 0 Å². The normalized spacial score (nSPS) is 13.1. The largest absolute Gasteiger partial charge is 0.271 e. The number of nitrogens with one attached hydrogen (secondary N) is 1. The second-order valence-electron chi connectivity index (χ2n) is 5.10. The van der Waals surface area contributed by atoms with E-state index >= 15 is 0 Å². The molecule has 3 nitrogen and oxygen atoms in total. The summed E-state index contributed by atoms with van der Waals surface area (Å²) < 4.78 is 0. The summed E-state index contributed by atoms with van der Waals surface area (Å²) in [7, 11) is 0. The summed E-state index contributed by atoms with van der Waals surface area (Å²) in [6.07, 6.45) is 2.19. The number of pyridine rings is 1. The van der Waals surface area contributed by atoms with Crippen LogP contribution in [0.2, 0.25) is 0 Å². The van der Waals surface area contributed by atoms with Crippen molar-refractivity contribution in [2.24, 2.45) is 11.8 Å². The molecule has 0 aliphatic carbocycles. The van der Waals surface area contributed by atoms with Gasteiger partial charge in [-0.15, -0.1) is 0 Å². The Morgan fingerprint density at radius 3 is 2.53 bits per heavy atom. The second-order valence-corrected chi connectivity index (χ2v) is 5.10. The minimum absolute atomic E-state index is 0.123. The molecule has 0 amide bonds. The van der Waals surface area contributed by atoms with Gasteiger partial charge in [0.05, 0.1) is 17.3 Å². The Labute approximate surface area is 115 Å². The van der Waals surface area contributed by atoms with Gasteiger partial charge in [0.1, 0.15) is 0 Å². The lowest BCUT2D eigenvalue weighted by atomic mass is 9.91. The summed E-state index contributed by atoms with van der Waals surface area (Å²) in [5.41, 5.74) is 6.30. The number of para-hydroxylation sites is 1. The van der Waals surface area contributed by atoms with E-state index < -0.39 is 0 Å². The molecule has 2 rings (SSSR count). The fourth-order valence-electron chi connectivity index (χ4n) is 2.76. The minimum atomic E-state index is 0.123. The quantitative estimate of drug-likeness (QED) is 0.637. The van der Waals surface area contributed by atoms with Gasteiger partial charge in [-0.1, -0.05) is 44.9 Å². The van der Waals surface area contributed by atoms with Crippen molar-refractivity contribution in [3.8, 4) is 0 Å². The van der Waals surface area contributed by atoms with E-state index in [4.69, 9.17) is 10.8 Å². The number of rotatable bonds is 5. The van der Waals surface area contributed by atoms with Gasteiger partial charge < -0.3 is 0 Å². The summed E-state index contributed by atoms with van der Waals surface area (Å²) in [5, 5.41) is 1.21. The maximum Gasteiger partial charge on any atom is 0.0708 e. The third-order valence-corrected chi connectivity index (χ3v) is 3.96. The molecule has 3 heteroatoms. The van der Waals surface area contributed by atoms with Crippen molar-refractivity contribution in [2.45, 2.75) is 39.7 Å². The van der Waals surface area contributed by atoms with E-state index in [2.05, 4.69) is 50.5 Å². The Kier molecular flexibility index (Phi) is 4.51. The number of hydrazine groups is 1. The van der Waals surface area contributed by atoms with Crippen molar-refractivity contribution < 1.29 is 0 Å². The molecule has 1 unspecified atom stereocenters. The highest BCUT2D eigenvalue weighted by Gasteiger charge is 2.21. The van der Waals surface area contributed by atoms with Gasteiger partial charge in [0.25, 0.3) is 0 Å². The molecule has 0 aliphatic heterocycles. The highest BCUT2D eigenvalue weighted by molar-refractivity contribution is 5.82. The molecular weight excluding hydrogens is 234 g/mol. The van der Waals surface area contributed by atoms with Crippen LogP contribution in [-0.2, 0) is 0 Å². The Balaban J connectivity index is 2.49. The maximum absolute atomic E-state index is 5.76. The van der Waals surface area contributed by atoms with E-state index in [1.54, 1.807) is 0 Å². The number of fused-ring (bicyclic) bond motifs is 1. The zero-order chi connectivity index (χ0) is 13.8. The summed E-state index contributed by atoms with van der Waals surface area (Å²) >= 11 is 0. The Morgan fingerprint density at radius 2 is 1.89 bits per heavy atom. The number of nitrogens with two attached hydrogens (primary N) is 1. The molecular formula is C16H23N3. The van der Waals surface area contributed by atoms with Crippen LogP contribution in [0.5, 0.6) is 0 Å². The summed E-state index contributed by atoms with van der Waals surface area (Å²) in [5.74, 6) is 6.27. The Morgan fingerprint density at radius 1 is 1.21 bits per heavy atom. The molecule has 0 aliphatic rings. The molecule has 0 bridgehead atoms. The fraction of sp³-hybridized carbons (Fsp3) is 0.438. The predicted molar refractivity (Wildman–Crippen MR) is 80.6 cm³/mol. The van der Waals surface area contributed by atoms with Crippen LogP contribution < -0.4 is 11.3 Å². The monoisotopic (exact) mass is 257 g/mol. The average molecular weight is 257 g/mol. The Hall–Kier alpha value is -1.45. The molecule has 19 heavy (non-hydrogen) atoms. The van der Waals surface area contributed by atoms with Gasteiger partial charge in [0.2, 0.25) is 0 Å². The molecule has 1 aromatic carbocycles. The van der Waals surface area contributed by atoms with Crippen LogP contribution in [0.4, 0.5) is 0 Å². The van der Waals surface area contributed by atoms with E-state index in [1.165, 1.54) is 10.9 Å². The molecule has 1 aromatic heterocycles. The average Bonchev–Trinajstić information content (AvgIpc) is 2.44. The molecule has 0 radical (unpaired) electrons. The van der Waals surface area contributed by atoms with Crippen molar-refractivity contribution in [2.75, 3.05) is 0 Å². The molecule has 0 saturated carbocycles. The molecule has 1 atom stereocenters. The van der Waals surface area contributed by atoms with Gasteiger partial charge in [-0.2, -0.15) is 0 Å². The topological polar surface area (TPSA) is 50.9 Å². The zero-order valence-electron chi connectivity index (χ0n) is 12.0. The van der Waals surface area contributed by atoms with E-state index in [0.29, 0.717) is 5.92 Å². The van der Waals surface area contributed by atoms with Crippen LogP contribution in [0.15, 0.2) is 30.3 Å². The minimum Gasteiger partial charge on any atom is -0.271 e. The SMILES string of the molecule is CCC(CC)C(NN)c1cc(C)c2ccccc2n1. The summed E-state index contributed by atoms with van der Waals surface area (Å²) in [6.45, 7) is 6.53. The van der Waals surface area contributed by atoms with E-state index in [0.717, 1.165) is 24.1 Å². The van der Waals surface area contributed by atoms with Crippen LogP contribution in [0.1, 0.15) is 44.0 Å². The van der Waals surface area contributed by atoms with Crippen LogP contribution in [0.3, 0.4) is 0 Å². The molecule has 2 aromatic rings. The van der Waals surface area contributed by atoms with Crippen LogP contribution in [0, 0.1) is 12.8 Å². The molecule has 0 spiro atoms. The Bertz CT molecular complexity index is 547. The number of nitrogens with zero attached hydrogens (tertiary/aromatic N) is 1. The molecule has 0 saturated heterocycles. The number of aryl methyl sites for hydroxylation is 1. The predicted octanol–water partition coefficient (Wildman–Crippen LogP) is 3.48. The lowest BCUT2D eigenvalue weighted by molar-refractivity contribution is 0.340. The van der Waals surface area contributed by atoms with E-state index in [-0.39, 0.29) is 6.04 Å². The zero-order valence-corrected chi connectivity index (χ0v) is 12.0. The number of aromatic nitrogens is 1. The number of hydrogen-bond acceptors (Lipinski definition) is 3. The fourth-order valence-corrected chi connectivity index (χ4v) is 2.76. The summed E-state index contributed by atoms with van der Waals surface area (Å²) in [6, 6.07) is 10.5. The first-order chi connectivity index (χ1) is 9.21. The van der Waals surface area contributed by atoms with Gasteiger partial charge in [-0.25, -0.2) is 0 Å². The lowest BCUT2D eigenvalue weighted by Gasteiger charge is -2.24. The standard InChI is InChI=1S/C16H23N3/c1-4-12(5-2)16(19-17)15-10-11(3)13-8-6-7-9-14(13)18-15/h6-10,12,16,19H,4-5,17H2,1-3H3. The van der Waals surface area contributed by atoms with Crippen molar-refractivity contribution in [1.29, 1.82) is 0 Å². The number of benzene rings is 1. The van der Waals surface area contributed by atoms with E-state index in [1.807, 2.05) is 6.07 Å². The van der Waals surface area contributed by atoms with Crippen molar-refractivity contribution in [3.63, 3.8) is 0 Å². The number of hydrogen-bond donors (Lipinski definition) is 2. The van der Waals surface area contributed by atoms with Crippen molar-refractivity contribution in [3.05, 3.63) is 41.6 Å². The third kappa shape index (κ3) is 2.77. The first-order valence-electron chi connectivity index (χ1n) is 7.03.